The Labute approximate surface area is 109 Å². The van der Waals surface area contributed by atoms with Crippen LogP contribution in [0.5, 0.6) is 0 Å². The van der Waals surface area contributed by atoms with Crippen molar-refractivity contribution in [1.29, 1.82) is 0 Å². The van der Waals surface area contributed by atoms with Crippen molar-refractivity contribution < 1.29 is 9.59 Å². The van der Waals surface area contributed by atoms with E-state index < -0.39 is 5.54 Å². The van der Waals surface area contributed by atoms with Crippen LogP contribution in [0.3, 0.4) is 0 Å². The molecule has 0 aromatic rings. The molecule has 4 nitrogen and oxygen atoms in total. The van der Waals surface area contributed by atoms with E-state index in [1.54, 1.807) is 18.7 Å². The molecule has 1 saturated carbocycles. The highest BCUT2D eigenvalue weighted by Crippen LogP contribution is 2.30. The molecule has 1 saturated heterocycles. The van der Waals surface area contributed by atoms with Crippen molar-refractivity contribution in [2.75, 3.05) is 6.54 Å². The molecule has 18 heavy (non-hydrogen) atoms. The molecular weight excluding hydrogens is 228 g/mol. The van der Waals surface area contributed by atoms with Gasteiger partial charge < -0.3 is 10.2 Å². The van der Waals surface area contributed by atoms with Crippen molar-refractivity contribution in [3.8, 4) is 0 Å². The maximum Gasteiger partial charge on any atom is 0.248 e. The van der Waals surface area contributed by atoms with Crippen molar-refractivity contribution in [3.63, 3.8) is 0 Å². The lowest BCUT2D eigenvalue weighted by Crippen LogP contribution is -2.68. The van der Waals surface area contributed by atoms with E-state index in [1.807, 2.05) is 6.92 Å². The second kappa shape index (κ2) is 4.90. The van der Waals surface area contributed by atoms with Crippen LogP contribution >= 0.6 is 0 Å². The van der Waals surface area contributed by atoms with E-state index >= 15 is 0 Å². The molecule has 0 bridgehead atoms. The number of hydrogen-bond acceptors (Lipinski definition) is 2. The summed E-state index contributed by atoms with van der Waals surface area (Å²) in [6, 6.07) is -0.273. The highest BCUT2D eigenvalue weighted by Gasteiger charge is 2.44. The first-order valence-electron chi connectivity index (χ1n) is 7.09. The molecule has 0 spiro atoms. The third kappa shape index (κ3) is 2.38. The van der Waals surface area contributed by atoms with Crippen LogP contribution in [0.4, 0.5) is 0 Å². The predicted molar refractivity (Wildman–Crippen MR) is 70.0 cm³/mol. The van der Waals surface area contributed by atoms with Crippen molar-refractivity contribution in [2.45, 2.75) is 64.5 Å². The maximum absolute atomic E-state index is 12.4. The molecule has 2 rings (SSSR count). The molecular formula is C14H24N2O2. The van der Waals surface area contributed by atoms with Gasteiger partial charge in [0.05, 0.1) is 0 Å². The summed E-state index contributed by atoms with van der Waals surface area (Å²) in [4.78, 5) is 26.2. The third-order valence-corrected chi connectivity index (χ3v) is 4.30. The molecule has 2 aliphatic rings. The number of nitrogens with one attached hydrogen (secondary N) is 1. The number of piperazine rings is 1. The van der Waals surface area contributed by atoms with Gasteiger partial charge in [-0.05, 0) is 32.6 Å². The fourth-order valence-corrected chi connectivity index (χ4v) is 2.85. The van der Waals surface area contributed by atoms with Crippen molar-refractivity contribution in [3.05, 3.63) is 0 Å². The molecule has 1 atom stereocenters. The van der Waals surface area contributed by atoms with E-state index in [2.05, 4.69) is 5.32 Å². The number of amides is 2. The molecule has 102 valence electrons. The van der Waals surface area contributed by atoms with Crippen molar-refractivity contribution in [1.82, 2.24) is 10.2 Å². The molecule has 1 heterocycles. The van der Waals surface area contributed by atoms with Gasteiger partial charge in [0, 0.05) is 6.54 Å². The average molecular weight is 252 g/mol. The largest absolute Gasteiger partial charge is 0.340 e. The second-order valence-electron chi connectivity index (χ2n) is 6.12. The standard InChI is InChI=1S/C14H24N2O2/c1-4-11-12(17)15-14(2,3)13(18)16(11)9-8-10-6-5-7-10/h10-11H,4-9H2,1-3H3,(H,15,17). The fourth-order valence-electron chi connectivity index (χ4n) is 2.85. The molecule has 1 unspecified atom stereocenters. The molecule has 0 aromatic heterocycles. The Kier molecular flexibility index (Phi) is 3.64. The molecule has 2 fully saturated rings. The van der Waals surface area contributed by atoms with E-state index in [4.69, 9.17) is 0 Å². The van der Waals surface area contributed by atoms with Crippen LogP contribution in [0.25, 0.3) is 0 Å². The maximum atomic E-state index is 12.4. The van der Waals surface area contributed by atoms with Gasteiger partial charge in [-0.15, -0.1) is 0 Å². The molecule has 1 aliphatic heterocycles. The summed E-state index contributed by atoms with van der Waals surface area (Å²) in [5.41, 5.74) is -0.748. The number of carbonyl (C=O) groups excluding carboxylic acids is 2. The van der Waals surface area contributed by atoms with Gasteiger partial charge >= 0.3 is 0 Å². The molecule has 1 aliphatic carbocycles. The average Bonchev–Trinajstić information content (AvgIpc) is 2.22. The fraction of sp³-hybridized carbons (Fsp3) is 0.857. The summed E-state index contributed by atoms with van der Waals surface area (Å²) in [7, 11) is 0. The van der Waals surface area contributed by atoms with Gasteiger partial charge in [-0.2, -0.15) is 0 Å². The minimum Gasteiger partial charge on any atom is -0.340 e. The normalized spacial score (nSPS) is 27.9. The van der Waals surface area contributed by atoms with Gasteiger partial charge in [0.25, 0.3) is 0 Å². The molecule has 1 N–H and O–H groups in total. The van der Waals surface area contributed by atoms with Gasteiger partial charge in [0.2, 0.25) is 11.8 Å². The Morgan fingerprint density at radius 3 is 2.50 bits per heavy atom. The number of rotatable bonds is 4. The molecule has 2 amide bonds. The van der Waals surface area contributed by atoms with Crippen LogP contribution in [-0.2, 0) is 9.59 Å². The minimum absolute atomic E-state index is 0.00397. The Morgan fingerprint density at radius 1 is 1.33 bits per heavy atom. The zero-order valence-electron chi connectivity index (χ0n) is 11.7. The molecule has 0 aromatic carbocycles. The van der Waals surface area contributed by atoms with Crippen LogP contribution in [0.2, 0.25) is 0 Å². The minimum atomic E-state index is -0.748. The summed E-state index contributed by atoms with van der Waals surface area (Å²) in [5.74, 6) is 0.826. The van der Waals surface area contributed by atoms with Crippen molar-refractivity contribution in [2.24, 2.45) is 5.92 Å². The Bertz CT molecular complexity index is 348. The van der Waals surface area contributed by atoms with Crippen LogP contribution in [0, 0.1) is 5.92 Å². The van der Waals surface area contributed by atoms with Gasteiger partial charge in [-0.3, -0.25) is 9.59 Å². The Balaban J connectivity index is 2.05. The predicted octanol–water partition coefficient (Wildman–Crippen LogP) is 1.69. The summed E-state index contributed by atoms with van der Waals surface area (Å²) in [6.07, 6.45) is 5.63. The number of carbonyl (C=O) groups is 2. The molecule has 4 heteroatoms. The second-order valence-corrected chi connectivity index (χ2v) is 6.12. The SMILES string of the molecule is CCC1C(=O)NC(C)(C)C(=O)N1CCC1CCC1. The lowest BCUT2D eigenvalue weighted by Gasteiger charge is -2.43. The van der Waals surface area contributed by atoms with E-state index in [-0.39, 0.29) is 17.9 Å². The first-order chi connectivity index (χ1) is 8.45. The van der Waals surface area contributed by atoms with Gasteiger partial charge in [0.15, 0.2) is 0 Å². The van der Waals surface area contributed by atoms with E-state index in [1.165, 1.54) is 19.3 Å². The van der Waals surface area contributed by atoms with E-state index in [9.17, 15) is 9.59 Å². The van der Waals surface area contributed by atoms with Crippen LogP contribution in [-0.4, -0.2) is 34.8 Å². The summed E-state index contributed by atoms with van der Waals surface area (Å²) < 4.78 is 0. The highest BCUT2D eigenvalue weighted by atomic mass is 16.2. The molecule has 0 radical (unpaired) electrons. The Morgan fingerprint density at radius 2 is 2.00 bits per heavy atom. The lowest BCUT2D eigenvalue weighted by atomic mass is 9.82. The first-order valence-corrected chi connectivity index (χ1v) is 7.09. The van der Waals surface area contributed by atoms with Crippen LogP contribution < -0.4 is 5.32 Å². The quantitative estimate of drug-likeness (QED) is 0.827. The van der Waals surface area contributed by atoms with Crippen LogP contribution in [0.15, 0.2) is 0 Å². The lowest BCUT2D eigenvalue weighted by molar-refractivity contribution is -0.153. The highest BCUT2D eigenvalue weighted by molar-refractivity contribution is 5.99. The Hall–Kier alpha value is -1.06. The van der Waals surface area contributed by atoms with E-state index in [0.717, 1.165) is 18.9 Å². The summed E-state index contributed by atoms with van der Waals surface area (Å²) in [5, 5.41) is 2.82. The van der Waals surface area contributed by atoms with Gasteiger partial charge in [-0.1, -0.05) is 26.2 Å². The van der Waals surface area contributed by atoms with Crippen molar-refractivity contribution >= 4 is 11.8 Å². The monoisotopic (exact) mass is 252 g/mol. The zero-order valence-corrected chi connectivity index (χ0v) is 11.7. The van der Waals surface area contributed by atoms with Crippen LogP contribution in [0.1, 0.15) is 52.9 Å². The van der Waals surface area contributed by atoms with Gasteiger partial charge in [-0.25, -0.2) is 0 Å². The number of nitrogens with zero attached hydrogens (tertiary/aromatic N) is 1. The number of hydrogen-bond donors (Lipinski definition) is 1. The topological polar surface area (TPSA) is 49.4 Å². The summed E-state index contributed by atoms with van der Waals surface area (Å²) >= 11 is 0. The van der Waals surface area contributed by atoms with E-state index in [0.29, 0.717) is 6.42 Å². The third-order valence-electron chi connectivity index (χ3n) is 4.30. The summed E-state index contributed by atoms with van der Waals surface area (Å²) in [6.45, 7) is 6.27. The smallest absolute Gasteiger partial charge is 0.248 e. The first kappa shape index (κ1) is 13.4. The van der Waals surface area contributed by atoms with Gasteiger partial charge in [0.1, 0.15) is 11.6 Å². The zero-order chi connectivity index (χ0) is 13.3.